The zero-order valence-electron chi connectivity index (χ0n) is 11.2. The van der Waals surface area contributed by atoms with Gasteiger partial charge in [-0.2, -0.15) is 0 Å². The van der Waals surface area contributed by atoms with Crippen molar-refractivity contribution < 1.29 is 4.52 Å². The number of nitrogens with zero attached hydrogens (tertiary/aromatic N) is 2. The molecule has 0 radical (unpaired) electrons. The third-order valence-electron chi connectivity index (χ3n) is 3.08. The summed E-state index contributed by atoms with van der Waals surface area (Å²) in [7, 11) is -1.11. The Morgan fingerprint density at radius 1 is 1.00 bits per heavy atom. The molecule has 1 aliphatic heterocycles. The first-order valence-corrected chi connectivity index (χ1v) is 7.90. The van der Waals surface area contributed by atoms with Crippen LogP contribution < -0.4 is 4.52 Å². The topological polar surface area (TPSA) is 15.7 Å². The molecule has 2 rings (SSSR count). The number of hydrogen-bond donors (Lipinski definition) is 0. The van der Waals surface area contributed by atoms with Crippen molar-refractivity contribution in [1.29, 1.82) is 0 Å². The van der Waals surface area contributed by atoms with Gasteiger partial charge >= 0.3 is 8.45 Å². The predicted octanol–water partition coefficient (Wildman–Crippen LogP) is 3.24. The lowest BCUT2D eigenvalue weighted by molar-refractivity contribution is 0.383. The maximum absolute atomic E-state index is 6.26. The lowest BCUT2D eigenvalue weighted by Gasteiger charge is -2.26. The summed E-state index contributed by atoms with van der Waals surface area (Å²) in [4.78, 5) is 0. The predicted molar refractivity (Wildman–Crippen MR) is 79.0 cm³/mol. The van der Waals surface area contributed by atoms with Crippen molar-refractivity contribution in [2.75, 3.05) is 26.2 Å². The van der Waals surface area contributed by atoms with Crippen molar-refractivity contribution in [3.8, 4) is 5.75 Å². The molecule has 1 aromatic carbocycles. The zero-order chi connectivity index (χ0) is 12.8. The summed E-state index contributed by atoms with van der Waals surface area (Å²) in [6.45, 7) is 8.45. The van der Waals surface area contributed by atoms with Gasteiger partial charge in [-0.25, -0.2) is 0 Å². The Morgan fingerprint density at radius 3 is 2.06 bits per heavy atom. The first-order valence-electron chi connectivity index (χ1n) is 6.60. The normalized spacial score (nSPS) is 18.8. The maximum atomic E-state index is 6.26. The van der Waals surface area contributed by atoms with Gasteiger partial charge in [-0.05, 0) is 26.0 Å². The van der Waals surface area contributed by atoms with Crippen LogP contribution in [0.15, 0.2) is 42.5 Å². The van der Waals surface area contributed by atoms with Gasteiger partial charge in [0.05, 0.1) is 13.1 Å². The average molecular weight is 265 g/mol. The Labute approximate surface area is 111 Å². The summed E-state index contributed by atoms with van der Waals surface area (Å²) in [5.41, 5.74) is 0. The van der Waals surface area contributed by atoms with Crippen molar-refractivity contribution in [1.82, 2.24) is 9.34 Å². The summed E-state index contributed by atoms with van der Waals surface area (Å²) in [5.74, 6) is 0.977. The molecule has 18 heavy (non-hydrogen) atoms. The Bertz CT molecular complexity index is 367. The van der Waals surface area contributed by atoms with Gasteiger partial charge in [0.15, 0.2) is 5.75 Å². The minimum atomic E-state index is -1.11. The van der Waals surface area contributed by atoms with E-state index >= 15 is 0 Å². The van der Waals surface area contributed by atoms with Gasteiger partial charge in [0.25, 0.3) is 0 Å². The molecule has 0 N–H and O–H groups in total. The lowest BCUT2D eigenvalue weighted by atomic mass is 10.3. The van der Waals surface area contributed by atoms with E-state index in [0.29, 0.717) is 0 Å². The molecule has 0 amide bonds. The molecule has 98 valence electrons. The van der Waals surface area contributed by atoms with E-state index in [1.165, 1.54) is 0 Å². The highest BCUT2D eigenvalue weighted by molar-refractivity contribution is 7.47. The van der Waals surface area contributed by atoms with Crippen molar-refractivity contribution in [3.63, 3.8) is 0 Å². The summed E-state index contributed by atoms with van der Waals surface area (Å²) < 4.78 is 11.1. The van der Waals surface area contributed by atoms with Gasteiger partial charge < -0.3 is 4.52 Å². The fraction of sp³-hybridized carbons (Fsp3) is 0.429. The van der Waals surface area contributed by atoms with Crippen molar-refractivity contribution >= 4 is 8.45 Å². The highest BCUT2D eigenvalue weighted by Crippen LogP contribution is 2.46. The Hall–Kier alpha value is -0.890. The van der Waals surface area contributed by atoms with E-state index in [4.69, 9.17) is 4.52 Å². The largest absolute Gasteiger partial charge is 0.325 e. The fourth-order valence-electron chi connectivity index (χ4n) is 2.01. The summed E-state index contributed by atoms with van der Waals surface area (Å²) in [6, 6.07) is 10.2. The number of hydrogen-bond acceptors (Lipinski definition) is 3. The molecule has 0 atom stereocenters. The molecular weight excluding hydrogens is 243 g/mol. The molecular formula is C14H22N2OP+. The molecule has 4 heteroatoms. The highest BCUT2D eigenvalue weighted by Gasteiger charge is 2.34. The van der Waals surface area contributed by atoms with Crippen LogP contribution in [0.2, 0.25) is 0 Å². The molecule has 0 spiro atoms. The van der Waals surface area contributed by atoms with Crippen molar-refractivity contribution in [3.05, 3.63) is 42.5 Å². The molecule has 1 aromatic rings. The van der Waals surface area contributed by atoms with Crippen LogP contribution in [0, 0.1) is 0 Å². The molecule has 0 unspecified atom stereocenters. The molecule has 3 nitrogen and oxygen atoms in total. The number of rotatable bonds is 4. The van der Waals surface area contributed by atoms with Crippen LogP contribution in [-0.2, 0) is 0 Å². The third kappa shape index (κ3) is 3.32. The molecule has 0 aliphatic carbocycles. The molecule has 0 bridgehead atoms. The molecule has 0 fully saturated rings. The monoisotopic (exact) mass is 265 g/mol. The van der Waals surface area contributed by atoms with Crippen LogP contribution in [0.3, 0.4) is 0 Å². The van der Waals surface area contributed by atoms with Crippen LogP contribution >= 0.6 is 8.45 Å². The van der Waals surface area contributed by atoms with Crippen LogP contribution in [-0.4, -0.2) is 35.5 Å². The number of para-hydroxylation sites is 1. The Morgan fingerprint density at radius 2 is 1.56 bits per heavy atom. The second-order valence-corrected chi connectivity index (χ2v) is 6.28. The van der Waals surface area contributed by atoms with E-state index < -0.39 is 8.45 Å². The molecule has 0 saturated carbocycles. The number of likely N-dealkylation sites (N-methyl/N-ethyl adjacent to an activating group) is 2. The Kier molecular flexibility index (Phi) is 5.18. The SMILES string of the molecule is CCN1CC=CCN(CC)[PH+]1Oc1ccccc1. The summed E-state index contributed by atoms with van der Waals surface area (Å²) in [5, 5.41) is 0. The van der Waals surface area contributed by atoms with Gasteiger partial charge in [0.1, 0.15) is 0 Å². The minimum Gasteiger partial charge on any atom is -0.315 e. The summed E-state index contributed by atoms with van der Waals surface area (Å²) in [6.07, 6.45) is 4.50. The van der Waals surface area contributed by atoms with Crippen LogP contribution in [0.5, 0.6) is 5.75 Å². The van der Waals surface area contributed by atoms with E-state index in [-0.39, 0.29) is 0 Å². The van der Waals surface area contributed by atoms with Gasteiger partial charge in [-0.15, -0.1) is 9.34 Å². The third-order valence-corrected chi connectivity index (χ3v) is 5.57. The first-order chi connectivity index (χ1) is 8.85. The van der Waals surface area contributed by atoms with Gasteiger partial charge in [-0.3, -0.25) is 0 Å². The zero-order valence-corrected chi connectivity index (χ0v) is 12.2. The fourth-order valence-corrected chi connectivity index (χ4v) is 4.08. The molecule has 0 aromatic heterocycles. The van der Waals surface area contributed by atoms with Gasteiger partial charge in [0.2, 0.25) is 0 Å². The first kappa shape index (κ1) is 13.5. The molecule has 1 heterocycles. The maximum Gasteiger partial charge on any atom is 0.325 e. The van der Waals surface area contributed by atoms with Crippen LogP contribution in [0.4, 0.5) is 0 Å². The number of benzene rings is 1. The van der Waals surface area contributed by atoms with Crippen LogP contribution in [0.1, 0.15) is 13.8 Å². The second kappa shape index (κ2) is 6.89. The van der Waals surface area contributed by atoms with E-state index in [1.54, 1.807) is 0 Å². The quantitative estimate of drug-likeness (QED) is 0.614. The van der Waals surface area contributed by atoms with E-state index in [1.807, 2.05) is 30.3 Å². The second-order valence-electron chi connectivity index (χ2n) is 4.25. The van der Waals surface area contributed by atoms with E-state index in [9.17, 15) is 0 Å². The van der Waals surface area contributed by atoms with Crippen molar-refractivity contribution in [2.24, 2.45) is 0 Å². The van der Waals surface area contributed by atoms with Crippen molar-refractivity contribution in [2.45, 2.75) is 13.8 Å². The smallest absolute Gasteiger partial charge is 0.315 e. The molecule has 0 saturated heterocycles. The molecule has 1 aliphatic rings. The standard InChI is InChI=1S/C14H21N2OP/c1-3-15-12-8-9-13-16(4-2)18(15)17-14-10-6-5-7-11-14/h5-11H,3-4,12-13H2,1-2H3/p+1. The highest BCUT2D eigenvalue weighted by atomic mass is 31.2. The van der Waals surface area contributed by atoms with Gasteiger partial charge in [0, 0.05) is 13.1 Å². The van der Waals surface area contributed by atoms with Crippen LogP contribution in [0.25, 0.3) is 0 Å². The van der Waals surface area contributed by atoms with Gasteiger partial charge in [-0.1, -0.05) is 30.4 Å². The minimum absolute atomic E-state index is 0.977. The van der Waals surface area contributed by atoms with E-state index in [2.05, 4.69) is 35.3 Å². The Balaban J connectivity index is 2.14. The summed E-state index contributed by atoms with van der Waals surface area (Å²) >= 11 is 0. The van der Waals surface area contributed by atoms with E-state index in [0.717, 1.165) is 31.9 Å². The lowest BCUT2D eigenvalue weighted by Crippen LogP contribution is -2.29. The average Bonchev–Trinajstić information content (AvgIpc) is 2.62.